The van der Waals surface area contributed by atoms with Crippen molar-refractivity contribution in [2.45, 2.75) is 96.1 Å². The minimum Gasteiger partial charge on any atom is -0.491 e. The first-order valence-corrected chi connectivity index (χ1v) is 15.6. The van der Waals surface area contributed by atoms with Crippen molar-refractivity contribution >= 4 is 11.6 Å². The minimum absolute atomic E-state index is 0.0599. The number of carbonyl (C=O) groups is 1. The third-order valence-electron chi connectivity index (χ3n) is 8.91. The number of amides is 1. The molecule has 256 valence electrons. The Morgan fingerprint density at radius 1 is 1.02 bits per heavy atom. The van der Waals surface area contributed by atoms with Crippen LogP contribution < -0.4 is 15.0 Å². The molecule has 46 heavy (non-hydrogen) atoms. The smallest absolute Gasteiger partial charge is 0.430 e. The van der Waals surface area contributed by atoms with Crippen LogP contribution in [-0.4, -0.2) is 84.2 Å². The second-order valence-electron chi connectivity index (χ2n) is 13.0. The molecular formula is C33H44F6N4O3. The van der Waals surface area contributed by atoms with Gasteiger partial charge in [0.05, 0.1) is 18.2 Å². The molecule has 0 radical (unpaired) electrons. The number of piperazine rings is 1. The van der Waals surface area contributed by atoms with Gasteiger partial charge in [-0.05, 0) is 70.4 Å². The highest BCUT2D eigenvalue weighted by Crippen LogP contribution is 2.50. The van der Waals surface area contributed by atoms with Gasteiger partial charge in [0.2, 0.25) is 5.91 Å². The van der Waals surface area contributed by atoms with E-state index in [2.05, 4.69) is 12.2 Å². The second-order valence-corrected chi connectivity index (χ2v) is 13.0. The van der Waals surface area contributed by atoms with Crippen molar-refractivity contribution in [3.63, 3.8) is 0 Å². The molecule has 7 nitrogen and oxygen atoms in total. The molecule has 0 spiro atoms. The highest BCUT2D eigenvalue weighted by atomic mass is 19.4. The SMILES string of the molecule is CCCc1cc(C(O)(C(F)(F)F)C(F)(F)F)ccc1N1C[C@@H](C)N(C(=O)CN2CN[C@@](C)(c3ccc(OC(C)C)cc3)C2)CC1C. The fraction of sp³-hybridized carbons (Fsp3) is 0.606. The van der Waals surface area contributed by atoms with Gasteiger partial charge < -0.3 is 19.6 Å². The minimum atomic E-state index is -5.96. The number of halogens is 6. The van der Waals surface area contributed by atoms with Crippen LogP contribution in [0.4, 0.5) is 32.0 Å². The molecule has 3 atom stereocenters. The Morgan fingerprint density at radius 3 is 2.22 bits per heavy atom. The van der Waals surface area contributed by atoms with Crippen LogP contribution in [0.15, 0.2) is 42.5 Å². The summed E-state index contributed by atoms with van der Waals surface area (Å²) in [5, 5.41) is 13.5. The van der Waals surface area contributed by atoms with Crippen LogP contribution in [0.1, 0.15) is 64.7 Å². The van der Waals surface area contributed by atoms with Crippen LogP contribution in [-0.2, 0) is 22.4 Å². The van der Waals surface area contributed by atoms with Crippen LogP contribution in [0.2, 0.25) is 0 Å². The number of anilines is 1. The lowest BCUT2D eigenvalue weighted by atomic mass is 9.89. The van der Waals surface area contributed by atoms with Gasteiger partial charge in [-0.3, -0.25) is 15.0 Å². The number of rotatable bonds is 9. The van der Waals surface area contributed by atoms with Crippen molar-refractivity contribution in [1.82, 2.24) is 15.1 Å². The molecule has 2 aliphatic heterocycles. The zero-order valence-electron chi connectivity index (χ0n) is 27.1. The first kappa shape index (κ1) is 35.8. The van der Waals surface area contributed by atoms with Crippen molar-refractivity contribution in [3.05, 3.63) is 59.2 Å². The quantitative estimate of drug-likeness (QED) is 0.325. The predicted octanol–water partition coefficient (Wildman–Crippen LogP) is 5.94. The lowest BCUT2D eigenvalue weighted by Crippen LogP contribution is -2.59. The van der Waals surface area contributed by atoms with Gasteiger partial charge in [0.25, 0.3) is 5.60 Å². The Bertz CT molecular complexity index is 1350. The van der Waals surface area contributed by atoms with Gasteiger partial charge >= 0.3 is 12.4 Å². The highest BCUT2D eigenvalue weighted by molar-refractivity contribution is 5.79. The third-order valence-corrected chi connectivity index (χ3v) is 8.91. The summed E-state index contributed by atoms with van der Waals surface area (Å²) in [6.07, 6.45) is -11.2. The standard InChI is InChI=1S/C33H44F6N4O3/c1-7-8-24-15-26(31(45,32(34,35)36)33(37,38)39)11-14-28(24)42-16-23(5)43(17-22(42)4)29(44)18-41-19-30(6,40-20-41)25-9-12-27(13-10-25)46-21(2)3/h9-15,21-23,40,45H,7-8,16-20H2,1-6H3/t22?,23-,30-/m1/s1. The number of alkyl halides is 6. The van der Waals surface area contributed by atoms with Crippen LogP contribution >= 0.6 is 0 Å². The molecule has 1 amide bonds. The average Bonchev–Trinajstić information content (AvgIpc) is 3.33. The van der Waals surface area contributed by atoms with E-state index in [0.29, 0.717) is 44.5 Å². The lowest BCUT2D eigenvalue weighted by molar-refractivity contribution is -0.376. The number of aliphatic hydroxyl groups is 1. The Balaban J connectivity index is 1.46. The number of hydrogen-bond acceptors (Lipinski definition) is 6. The maximum absolute atomic E-state index is 13.6. The Kier molecular flexibility index (Phi) is 10.3. The summed E-state index contributed by atoms with van der Waals surface area (Å²) in [7, 11) is 0. The molecule has 4 rings (SSSR count). The molecule has 2 aliphatic rings. The molecule has 2 heterocycles. The number of carbonyl (C=O) groups excluding carboxylic acids is 1. The number of nitrogens with one attached hydrogen (secondary N) is 1. The molecule has 2 N–H and O–H groups in total. The van der Waals surface area contributed by atoms with E-state index >= 15 is 0 Å². The topological polar surface area (TPSA) is 68.3 Å². The highest BCUT2D eigenvalue weighted by Gasteiger charge is 2.71. The predicted molar refractivity (Wildman–Crippen MR) is 164 cm³/mol. The summed E-state index contributed by atoms with van der Waals surface area (Å²) in [5.74, 6) is 0.729. The molecule has 0 aliphatic carbocycles. The van der Waals surface area contributed by atoms with Crippen LogP contribution in [0, 0.1) is 0 Å². The largest absolute Gasteiger partial charge is 0.491 e. The molecule has 2 aromatic rings. The second kappa shape index (κ2) is 13.2. The van der Waals surface area contributed by atoms with Gasteiger partial charge in [-0.1, -0.05) is 37.6 Å². The van der Waals surface area contributed by atoms with Gasteiger partial charge in [-0.2, -0.15) is 26.3 Å². The maximum Gasteiger partial charge on any atom is 0.430 e. The van der Waals surface area contributed by atoms with Crippen LogP contribution in [0.3, 0.4) is 0 Å². The summed E-state index contributed by atoms with van der Waals surface area (Å²) >= 11 is 0. The molecule has 13 heteroatoms. The first-order chi connectivity index (χ1) is 21.3. The summed E-state index contributed by atoms with van der Waals surface area (Å²) in [5.41, 5.74) is -4.77. The number of benzene rings is 2. The Labute approximate surface area is 266 Å². The third kappa shape index (κ3) is 7.11. The summed E-state index contributed by atoms with van der Waals surface area (Å²) in [6.45, 7) is 13.5. The van der Waals surface area contributed by atoms with E-state index in [9.17, 15) is 36.2 Å². The van der Waals surface area contributed by atoms with Crippen molar-refractivity contribution in [2.75, 3.05) is 37.7 Å². The fourth-order valence-corrected chi connectivity index (χ4v) is 6.46. The van der Waals surface area contributed by atoms with E-state index < -0.39 is 23.5 Å². The van der Waals surface area contributed by atoms with Gasteiger partial charge in [0.1, 0.15) is 5.75 Å². The van der Waals surface area contributed by atoms with Crippen molar-refractivity contribution in [2.24, 2.45) is 0 Å². The first-order valence-electron chi connectivity index (χ1n) is 15.6. The van der Waals surface area contributed by atoms with Gasteiger partial charge in [-0.15, -0.1) is 0 Å². The molecule has 1 unspecified atom stereocenters. The number of hydrogen-bond donors (Lipinski definition) is 2. The Hall–Kier alpha value is -3.03. The summed E-state index contributed by atoms with van der Waals surface area (Å²) in [4.78, 5) is 19.3. The monoisotopic (exact) mass is 658 g/mol. The number of ether oxygens (including phenoxy) is 1. The van der Waals surface area contributed by atoms with Gasteiger partial charge in [0.15, 0.2) is 0 Å². The van der Waals surface area contributed by atoms with Crippen molar-refractivity contribution in [1.29, 1.82) is 0 Å². The summed E-state index contributed by atoms with van der Waals surface area (Å²) < 4.78 is 87.3. The van der Waals surface area contributed by atoms with Gasteiger partial charge in [-0.25, -0.2) is 0 Å². The fourth-order valence-electron chi connectivity index (χ4n) is 6.46. The van der Waals surface area contributed by atoms with Crippen molar-refractivity contribution in [3.8, 4) is 5.75 Å². The van der Waals surface area contributed by atoms with Gasteiger partial charge in [0, 0.05) is 49.6 Å². The molecule has 0 saturated carbocycles. The average molecular weight is 659 g/mol. The van der Waals surface area contributed by atoms with E-state index in [1.54, 1.807) is 11.8 Å². The van der Waals surface area contributed by atoms with Crippen molar-refractivity contribution < 1.29 is 41.0 Å². The zero-order chi connectivity index (χ0) is 34.2. The molecule has 2 fully saturated rings. The number of aryl methyl sites for hydroxylation is 1. The van der Waals surface area contributed by atoms with E-state index in [4.69, 9.17) is 4.74 Å². The van der Waals surface area contributed by atoms with E-state index in [-0.39, 0.29) is 48.2 Å². The van der Waals surface area contributed by atoms with E-state index in [0.717, 1.165) is 17.4 Å². The molecular weight excluding hydrogens is 614 g/mol. The zero-order valence-corrected chi connectivity index (χ0v) is 27.1. The van der Waals surface area contributed by atoms with E-state index in [1.165, 1.54) is 6.07 Å². The normalized spacial score (nSPS) is 23.3. The summed E-state index contributed by atoms with van der Waals surface area (Å²) in [6, 6.07) is 10.1. The number of nitrogens with zero attached hydrogens (tertiary/aromatic N) is 3. The van der Waals surface area contributed by atoms with Crippen LogP contribution in [0.25, 0.3) is 0 Å². The Morgan fingerprint density at radius 2 is 1.65 bits per heavy atom. The van der Waals surface area contributed by atoms with E-state index in [1.807, 2.05) is 61.8 Å². The molecule has 2 saturated heterocycles. The van der Waals surface area contributed by atoms with Crippen LogP contribution in [0.5, 0.6) is 5.75 Å². The maximum atomic E-state index is 13.6. The molecule has 2 aromatic carbocycles. The molecule has 0 bridgehead atoms. The molecule has 0 aromatic heterocycles. The lowest BCUT2D eigenvalue weighted by Gasteiger charge is -2.46.